The molecule has 3 aromatic rings. The van der Waals surface area contributed by atoms with Gasteiger partial charge in [-0.15, -0.1) is 0 Å². The number of anilines is 1. The molecule has 1 heterocycles. The van der Waals surface area contributed by atoms with E-state index in [0.717, 1.165) is 29.0 Å². The molecule has 202 valence electrons. The van der Waals surface area contributed by atoms with Crippen molar-refractivity contribution in [2.75, 3.05) is 11.5 Å². The Bertz CT molecular complexity index is 1520. The van der Waals surface area contributed by atoms with E-state index in [-0.39, 0.29) is 29.8 Å². The maximum atomic E-state index is 13.2. The molecule has 0 radical (unpaired) electrons. The number of nitrogens with zero attached hydrogens (tertiary/aromatic N) is 2. The predicted molar refractivity (Wildman–Crippen MR) is 147 cm³/mol. The van der Waals surface area contributed by atoms with Gasteiger partial charge in [0, 0.05) is 6.07 Å². The molecule has 39 heavy (non-hydrogen) atoms. The number of nitro groups is 1. The monoisotopic (exact) mass is 574 g/mol. The minimum atomic E-state index is -4.75. The molecule has 0 saturated carbocycles. The van der Waals surface area contributed by atoms with Crippen molar-refractivity contribution in [3.8, 4) is 17.2 Å². The van der Waals surface area contributed by atoms with Crippen LogP contribution >= 0.6 is 24.0 Å². The summed E-state index contributed by atoms with van der Waals surface area (Å²) in [5, 5.41) is 11.4. The van der Waals surface area contributed by atoms with Gasteiger partial charge in [-0.3, -0.25) is 19.8 Å². The number of rotatable bonds is 7. The topological polar surface area (TPSA) is 81.9 Å². The third kappa shape index (κ3) is 6.07. The van der Waals surface area contributed by atoms with Crippen molar-refractivity contribution in [3.05, 3.63) is 91.9 Å². The molecule has 1 aliphatic rings. The van der Waals surface area contributed by atoms with Crippen LogP contribution < -0.4 is 14.4 Å². The smallest absolute Gasteiger partial charge is 0.416 e. The number of carbonyl (C=O) groups excluding carboxylic acids is 1. The number of hydrogen-bond acceptors (Lipinski definition) is 7. The van der Waals surface area contributed by atoms with Crippen LogP contribution in [0.4, 0.5) is 24.5 Å². The van der Waals surface area contributed by atoms with E-state index in [1.807, 2.05) is 32.0 Å². The highest BCUT2D eigenvalue weighted by molar-refractivity contribution is 8.27. The first-order chi connectivity index (χ1) is 18.4. The van der Waals surface area contributed by atoms with Crippen LogP contribution in [-0.4, -0.2) is 21.8 Å². The molecule has 0 unspecified atom stereocenters. The number of carbonyl (C=O) groups is 1. The molecule has 1 fully saturated rings. The quantitative estimate of drug-likeness (QED) is 0.123. The van der Waals surface area contributed by atoms with Gasteiger partial charge < -0.3 is 9.47 Å². The minimum absolute atomic E-state index is 0.0553. The fourth-order valence-corrected chi connectivity index (χ4v) is 5.18. The molecule has 1 amide bonds. The van der Waals surface area contributed by atoms with Crippen molar-refractivity contribution in [1.29, 1.82) is 0 Å². The van der Waals surface area contributed by atoms with E-state index in [4.69, 9.17) is 21.7 Å². The first-order valence-corrected chi connectivity index (χ1v) is 12.8. The van der Waals surface area contributed by atoms with Crippen molar-refractivity contribution in [3.63, 3.8) is 0 Å². The fraction of sp³-hybridized carbons (Fsp3) is 0.185. The number of hydrogen-bond donors (Lipinski definition) is 0. The molecule has 0 aliphatic carbocycles. The van der Waals surface area contributed by atoms with Crippen LogP contribution in [0.15, 0.2) is 59.5 Å². The standard InChI is InChI=1S/C27H21F3N2O5S2/c1-4-36-23-12-17(13-24-25(33)31(26(38)39-24)19-8-5-15(2)11-16(19)3)6-9-22(23)37-21-10-7-18(27(28,29)30)14-20(21)32(34)35/h5-14H,4H2,1-3H3/b24-13-. The Morgan fingerprint density at radius 2 is 1.77 bits per heavy atom. The second kappa shape index (κ2) is 11.1. The van der Waals surface area contributed by atoms with Gasteiger partial charge in [0.05, 0.1) is 27.7 Å². The number of ether oxygens (including phenoxy) is 2. The third-order valence-corrected chi connectivity index (χ3v) is 6.96. The SMILES string of the molecule is CCOc1cc(/C=C2\SC(=S)N(c3ccc(C)cc3C)C2=O)ccc1Oc1ccc(C(F)(F)F)cc1[N+](=O)[O-]. The summed E-state index contributed by atoms with van der Waals surface area (Å²) in [6.07, 6.45) is -3.11. The summed E-state index contributed by atoms with van der Waals surface area (Å²) in [5.41, 5.74) is 1.22. The van der Waals surface area contributed by atoms with E-state index in [9.17, 15) is 28.1 Å². The highest BCUT2D eigenvalue weighted by Crippen LogP contribution is 2.42. The highest BCUT2D eigenvalue weighted by atomic mass is 32.2. The lowest BCUT2D eigenvalue weighted by Gasteiger charge is -2.17. The number of amides is 1. The molecular weight excluding hydrogens is 553 g/mol. The van der Waals surface area contributed by atoms with Gasteiger partial charge in [0.15, 0.2) is 15.8 Å². The molecule has 0 bridgehead atoms. The van der Waals surface area contributed by atoms with Crippen molar-refractivity contribution in [1.82, 2.24) is 0 Å². The van der Waals surface area contributed by atoms with E-state index in [2.05, 4.69) is 0 Å². The Kier molecular flexibility index (Phi) is 7.98. The lowest BCUT2D eigenvalue weighted by atomic mass is 10.1. The average molecular weight is 575 g/mol. The lowest BCUT2D eigenvalue weighted by molar-refractivity contribution is -0.385. The normalized spacial score (nSPS) is 14.7. The summed E-state index contributed by atoms with van der Waals surface area (Å²) in [4.78, 5) is 25.6. The molecule has 1 aliphatic heterocycles. The van der Waals surface area contributed by atoms with Crippen LogP contribution in [0, 0.1) is 24.0 Å². The van der Waals surface area contributed by atoms with E-state index < -0.39 is 22.4 Å². The molecule has 3 aromatic carbocycles. The number of nitro benzene ring substituents is 1. The Hall–Kier alpha value is -3.90. The first-order valence-electron chi connectivity index (χ1n) is 11.5. The van der Waals surface area contributed by atoms with Crippen LogP contribution in [0.3, 0.4) is 0 Å². The Morgan fingerprint density at radius 3 is 2.41 bits per heavy atom. The van der Waals surface area contributed by atoms with Crippen LogP contribution in [0.2, 0.25) is 0 Å². The summed E-state index contributed by atoms with van der Waals surface area (Å²) in [7, 11) is 0. The van der Waals surface area contributed by atoms with Gasteiger partial charge in [0.2, 0.25) is 5.75 Å². The number of aryl methyl sites for hydroxylation is 2. The maximum Gasteiger partial charge on any atom is 0.416 e. The van der Waals surface area contributed by atoms with Gasteiger partial charge in [0.25, 0.3) is 5.91 Å². The van der Waals surface area contributed by atoms with E-state index in [1.54, 1.807) is 25.1 Å². The zero-order chi connectivity index (χ0) is 28.5. The van der Waals surface area contributed by atoms with Crippen LogP contribution in [0.1, 0.15) is 29.2 Å². The molecule has 4 rings (SSSR count). The van der Waals surface area contributed by atoms with E-state index in [0.29, 0.717) is 32.6 Å². The Balaban J connectivity index is 1.65. The number of thioether (sulfide) groups is 1. The van der Waals surface area contributed by atoms with Crippen LogP contribution in [-0.2, 0) is 11.0 Å². The van der Waals surface area contributed by atoms with Gasteiger partial charge in [-0.05, 0) is 68.3 Å². The summed E-state index contributed by atoms with van der Waals surface area (Å²) in [6, 6.07) is 12.3. The van der Waals surface area contributed by atoms with Gasteiger partial charge in [-0.1, -0.05) is 47.7 Å². The number of alkyl halides is 3. The third-order valence-electron chi connectivity index (χ3n) is 5.66. The van der Waals surface area contributed by atoms with Crippen molar-refractivity contribution in [2.45, 2.75) is 26.9 Å². The summed E-state index contributed by atoms with van der Waals surface area (Å²) >= 11 is 6.62. The van der Waals surface area contributed by atoms with Crippen molar-refractivity contribution in [2.24, 2.45) is 0 Å². The molecule has 0 spiro atoms. The van der Waals surface area contributed by atoms with Gasteiger partial charge in [-0.25, -0.2) is 0 Å². The number of halogens is 3. The summed E-state index contributed by atoms with van der Waals surface area (Å²) < 4.78 is 50.8. The molecule has 0 atom stereocenters. The second-order valence-electron chi connectivity index (χ2n) is 8.49. The van der Waals surface area contributed by atoms with Gasteiger partial charge in [0.1, 0.15) is 0 Å². The van der Waals surface area contributed by atoms with Crippen molar-refractivity contribution >= 4 is 51.7 Å². The number of thiocarbonyl (C=S) groups is 1. The lowest BCUT2D eigenvalue weighted by Crippen LogP contribution is -2.28. The Labute approximate surface area is 231 Å². The van der Waals surface area contributed by atoms with E-state index >= 15 is 0 Å². The fourth-order valence-electron chi connectivity index (χ4n) is 3.89. The molecule has 7 nitrogen and oxygen atoms in total. The summed E-state index contributed by atoms with van der Waals surface area (Å²) in [5.74, 6) is -0.420. The highest BCUT2D eigenvalue weighted by Gasteiger charge is 2.35. The molecule has 0 N–H and O–H groups in total. The summed E-state index contributed by atoms with van der Waals surface area (Å²) in [6.45, 7) is 5.79. The largest absolute Gasteiger partial charge is 0.490 e. The van der Waals surface area contributed by atoms with E-state index in [1.165, 1.54) is 11.0 Å². The zero-order valence-electron chi connectivity index (χ0n) is 20.9. The molecule has 0 aromatic heterocycles. The maximum absolute atomic E-state index is 13.2. The van der Waals surface area contributed by atoms with Crippen LogP contribution in [0.25, 0.3) is 6.08 Å². The Morgan fingerprint density at radius 1 is 1.05 bits per heavy atom. The molecule has 1 saturated heterocycles. The van der Waals surface area contributed by atoms with Crippen molar-refractivity contribution < 1.29 is 32.4 Å². The van der Waals surface area contributed by atoms with Crippen LogP contribution in [0.5, 0.6) is 17.2 Å². The molecule has 12 heteroatoms. The zero-order valence-corrected chi connectivity index (χ0v) is 22.5. The van der Waals surface area contributed by atoms with Gasteiger partial charge >= 0.3 is 11.9 Å². The minimum Gasteiger partial charge on any atom is -0.490 e. The number of benzene rings is 3. The molecular formula is C27H21F3N2O5S2. The van der Waals surface area contributed by atoms with Gasteiger partial charge in [-0.2, -0.15) is 13.2 Å². The predicted octanol–water partition coefficient (Wildman–Crippen LogP) is 7.83. The average Bonchev–Trinajstić information content (AvgIpc) is 3.13. The second-order valence-corrected chi connectivity index (χ2v) is 10.2. The first kappa shape index (κ1) is 28.1.